The highest BCUT2D eigenvalue weighted by atomic mass is 16.5. The van der Waals surface area contributed by atoms with Crippen molar-refractivity contribution in [2.75, 3.05) is 13.2 Å². The summed E-state index contributed by atoms with van der Waals surface area (Å²) in [6.07, 6.45) is 4.06. The van der Waals surface area contributed by atoms with Crippen LogP contribution in [0.4, 0.5) is 0 Å². The number of carbonyl (C=O) groups is 1. The summed E-state index contributed by atoms with van der Waals surface area (Å²) < 4.78 is 5.62. The maximum absolute atomic E-state index is 11.3. The van der Waals surface area contributed by atoms with Gasteiger partial charge in [-0.1, -0.05) is 30.3 Å². The Labute approximate surface area is 158 Å². The number of nitrogens with one attached hydrogen (secondary N) is 2. The maximum atomic E-state index is 11.3. The van der Waals surface area contributed by atoms with Gasteiger partial charge in [0.2, 0.25) is 5.91 Å². The number of aliphatic imine (C=N–C) groups is 1. The first-order valence-electron chi connectivity index (χ1n) is 8.66. The first kappa shape index (κ1) is 18.5. The number of carbonyl (C=O) groups excluding carboxylic acids is 1. The van der Waals surface area contributed by atoms with Gasteiger partial charge >= 0.3 is 0 Å². The predicted molar refractivity (Wildman–Crippen MR) is 105 cm³/mol. The number of guanidine groups is 1. The Hall–Kier alpha value is -3.32. The molecule has 0 saturated heterocycles. The average molecular weight is 365 g/mol. The molecule has 27 heavy (non-hydrogen) atoms. The van der Waals surface area contributed by atoms with Crippen molar-refractivity contribution in [3.63, 3.8) is 0 Å². The average Bonchev–Trinajstić information content (AvgIpc) is 2.66. The summed E-state index contributed by atoms with van der Waals surface area (Å²) in [5, 5.41) is 6.22. The number of nitrogens with zero attached hydrogens (tertiary/aromatic N) is 1. The molecule has 1 atom stereocenters. The lowest BCUT2D eigenvalue weighted by Crippen LogP contribution is -2.61. The summed E-state index contributed by atoms with van der Waals surface area (Å²) in [7, 11) is 0. The molecule has 1 aliphatic rings. The van der Waals surface area contributed by atoms with Gasteiger partial charge in [0.25, 0.3) is 0 Å². The molecule has 7 nitrogen and oxygen atoms in total. The molecule has 0 radical (unpaired) electrons. The van der Waals surface area contributed by atoms with Crippen LogP contribution >= 0.6 is 0 Å². The summed E-state index contributed by atoms with van der Waals surface area (Å²) >= 11 is 0. The fourth-order valence-electron chi connectivity index (χ4n) is 2.77. The molecule has 1 unspecified atom stereocenters. The number of hydrogen-bond acceptors (Lipinski definition) is 4. The molecule has 1 heterocycles. The molecule has 0 fully saturated rings. The zero-order valence-corrected chi connectivity index (χ0v) is 14.9. The Bertz CT molecular complexity index is 850. The second-order valence-corrected chi connectivity index (χ2v) is 6.28. The van der Waals surface area contributed by atoms with E-state index in [0.717, 1.165) is 11.3 Å². The topological polar surface area (TPSA) is 115 Å². The summed E-state index contributed by atoms with van der Waals surface area (Å²) in [6, 6.07) is 16.7. The number of primary amides is 1. The Morgan fingerprint density at radius 1 is 1.15 bits per heavy atom. The minimum Gasteiger partial charge on any atom is -0.492 e. The van der Waals surface area contributed by atoms with E-state index in [9.17, 15) is 4.79 Å². The SMILES string of the molecule is NC(=O)c1cccc(CC2(N)C=CNC(=NCCOc3ccccc3)N2)c1. The van der Waals surface area contributed by atoms with Crippen LogP contribution in [0.1, 0.15) is 15.9 Å². The molecular formula is C20H23N5O2. The number of rotatable bonds is 7. The number of nitrogens with two attached hydrogens (primary N) is 2. The zero-order chi connectivity index (χ0) is 19.1. The van der Waals surface area contributed by atoms with Crippen molar-refractivity contribution in [2.24, 2.45) is 16.5 Å². The van der Waals surface area contributed by atoms with Gasteiger partial charge in [-0.05, 0) is 35.9 Å². The van der Waals surface area contributed by atoms with Crippen LogP contribution in [-0.4, -0.2) is 30.7 Å². The van der Waals surface area contributed by atoms with Crippen LogP contribution in [0.3, 0.4) is 0 Å². The number of benzene rings is 2. The van der Waals surface area contributed by atoms with Gasteiger partial charge in [-0.2, -0.15) is 0 Å². The zero-order valence-electron chi connectivity index (χ0n) is 14.9. The third-order valence-electron chi connectivity index (χ3n) is 4.03. The van der Waals surface area contributed by atoms with Crippen LogP contribution < -0.4 is 26.8 Å². The van der Waals surface area contributed by atoms with Crippen molar-refractivity contribution < 1.29 is 9.53 Å². The van der Waals surface area contributed by atoms with E-state index < -0.39 is 11.6 Å². The van der Waals surface area contributed by atoms with Crippen molar-refractivity contribution in [3.05, 3.63) is 78.0 Å². The number of amides is 1. The molecular weight excluding hydrogens is 342 g/mol. The quantitative estimate of drug-likeness (QED) is 0.549. The fraction of sp³-hybridized carbons (Fsp3) is 0.200. The molecule has 7 heteroatoms. The van der Waals surface area contributed by atoms with Crippen molar-refractivity contribution in [1.82, 2.24) is 10.6 Å². The molecule has 0 saturated carbocycles. The minimum atomic E-state index is -0.819. The van der Waals surface area contributed by atoms with Crippen molar-refractivity contribution in [2.45, 2.75) is 12.1 Å². The second kappa shape index (κ2) is 8.37. The standard InChI is InChI=1S/C20H23N5O2/c21-18(26)16-6-4-5-15(13-16)14-20(22)9-10-23-19(25-20)24-11-12-27-17-7-2-1-3-8-17/h1-10,13H,11-12,14,22H2,(H2,21,26)(H2,23,24,25). The van der Waals surface area contributed by atoms with E-state index in [1.165, 1.54) is 0 Å². The molecule has 0 aliphatic carbocycles. The van der Waals surface area contributed by atoms with Gasteiger partial charge < -0.3 is 26.8 Å². The van der Waals surface area contributed by atoms with Gasteiger partial charge in [-0.25, -0.2) is 4.99 Å². The van der Waals surface area contributed by atoms with E-state index in [1.54, 1.807) is 24.4 Å². The van der Waals surface area contributed by atoms with Gasteiger partial charge in [-0.3, -0.25) is 4.79 Å². The summed E-state index contributed by atoms with van der Waals surface area (Å²) in [4.78, 5) is 15.8. The van der Waals surface area contributed by atoms with E-state index in [1.807, 2.05) is 42.5 Å². The first-order chi connectivity index (χ1) is 13.0. The summed E-state index contributed by atoms with van der Waals surface area (Å²) in [5.74, 6) is 0.921. The first-order valence-corrected chi connectivity index (χ1v) is 8.66. The van der Waals surface area contributed by atoms with E-state index in [4.69, 9.17) is 16.2 Å². The highest BCUT2D eigenvalue weighted by Crippen LogP contribution is 2.14. The fourth-order valence-corrected chi connectivity index (χ4v) is 2.77. The van der Waals surface area contributed by atoms with Crippen molar-refractivity contribution >= 4 is 11.9 Å². The Morgan fingerprint density at radius 3 is 2.74 bits per heavy atom. The molecule has 3 rings (SSSR count). The smallest absolute Gasteiger partial charge is 0.248 e. The van der Waals surface area contributed by atoms with E-state index in [-0.39, 0.29) is 0 Å². The third-order valence-corrected chi connectivity index (χ3v) is 4.03. The van der Waals surface area contributed by atoms with E-state index in [0.29, 0.717) is 31.1 Å². The van der Waals surface area contributed by atoms with Crippen LogP contribution in [0.2, 0.25) is 0 Å². The highest BCUT2D eigenvalue weighted by molar-refractivity contribution is 5.92. The van der Waals surface area contributed by atoms with E-state index in [2.05, 4.69) is 15.6 Å². The van der Waals surface area contributed by atoms with Crippen LogP contribution in [0.15, 0.2) is 71.9 Å². The lowest BCUT2D eigenvalue weighted by Gasteiger charge is -2.32. The molecule has 0 bridgehead atoms. The van der Waals surface area contributed by atoms with Crippen LogP contribution in [0.25, 0.3) is 0 Å². The third kappa shape index (κ3) is 5.32. The second-order valence-electron chi connectivity index (χ2n) is 6.28. The van der Waals surface area contributed by atoms with Gasteiger partial charge in [0, 0.05) is 18.2 Å². The summed E-state index contributed by atoms with van der Waals surface area (Å²) in [6.45, 7) is 0.935. The highest BCUT2D eigenvalue weighted by Gasteiger charge is 2.26. The molecule has 0 spiro atoms. The molecule has 0 aromatic heterocycles. The van der Waals surface area contributed by atoms with E-state index >= 15 is 0 Å². The van der Waals surface area contributed by atoms with Crippen molar-refractivity contribution in [3.8, 4) is 5.75 Å². The minimum absolute atomic E-state index is 0.457. The Morgan fingerprint density at radius 2 is 1.96 bits per heavy atom. The van der Waals surface area contributed by atoms with Crippen LogP contribution in [0, 0.1) is 0 Å². The van der Waals surface area contributed by atoms with Gasteiger partial charge in [0.05, 0.1) is 6.54 Å². The maximum Gasteiger partial charge on any atom is 0.248 e. The number of para-hydroxylation sites is 1. The number of ether oxygens (including phenoxy) is 1. The molecule has 1 amide bonds. The lowest BCUT2D eigenvalue weighted by atomic mass is 9.98. The monoisotopic (exact) mass is 365 g/mol. The largest absolute Gasteiger partial charge is 0.492 e. The predicted octanol–water partition coefficient (Wildman–Crippen LogP) is 1.12. The van der Waals surface area contributed by atoms with Crippen LogP contribution in [-0.2, 0) is 6.42 Å². The Kier molecular flexibility index (Phi) is 5.73. The molecule has 2 aromatic rings. The van der Waals surface area contributed by atoms with Gasteiger partial charge in [-0.15, -0.1) is 0 Å². The normalized spacial score (nSPS) is 20.0. The summed E-state index contributed by atoms with van der Waals surface area (Å²) in [5.41, 5.74) is 12.3. The Balaban J connectivity index is 1.57. The number of hydrogen-bond donors (Lipinski definition) is 4. The van der Waals surface area contributed by atoms with Gasteiger partial charge in [0.15, 0.2) is 5.96 Å². The molecule has 1 aliphatic heterocycles. The molecule has 6 N–H and O–H groups in total. The molecule has 2 aromatic carbocycles. The lowest BCUT2D eigenvalue weighted by molar-refractivity contribution is 0.1000. The van der Waals surface area contributed by atoms with Crippen LogP contribution in [0.5, 0.6) is 5.75 Å². The van der Waals surface area contributed by atoms with Gasteiger partial charge in [0.1, 0.15) is 18.0 Å². The molecule has 140 valence electrons. The van der Waals surface area contributed by atoms with Crippen molar-refractivity contribution in [1.29, 1.82) is 0 Å².